The summed E-state index contributed by atoms with van der Waals surface area (Å²) in [6.07, 6.45) is 4.53. The molecule has 0 bridgehead atoms. The Morgan fingerprint density at radius 2 is 1.74 bits per heavy atom. The number of hydrogen-bond donors (Lipinski definition) is 0. The first-order chi connectivity index (χ1) is 15.0. The number of piperidine rings is 1. The number of hydrogen-bond acceptors (Lipinski definition) is 5. The summed E-state index contributed by atoms with van der Waals surface area (Å²) in [6, 6.07) is 12.6. The maximum absolute atomic E-state index is 6.57. The van der Waals surface area contributed by atoms with Crippen LogP contribution in [0, 0.1) is 0 Å². The zero-order valence-corrected chi connectivity index (χ0v) is 19.2. The second-order valence-corrected chi connectivity index (χ2v) is 9.31. The molecule has 5 nitrogen and oxygen atoms in total. The highest BCUT2D eigenvalue weighted by Crippen LogP contribution is 2.42. The van der Waals surface area contributed by atoms with Gasteiger partial charge in [0.05, 0.1) is 23.3 Å². The molecular formula is C25H29ClN4O. The van der Waals surface area contributed by atoms with Gasteiger partial charge in [-0.1, -0.05) is 29.8 Å². The Morgan fingerprint density at radius 1 is 1.00 bits per heavy atom. The number of benzene rings is 2. The molecule has 31 heavy (non-hydrogen) atoms. The molecule has 0 spiro atoms. The molecule has 3 aromatic rings. The van der Waals surface area contributed by atoms with E-state index in [0.29, 0.717) is 11.8 Å². The van der Waals surface area contributed by atoms with Crippen molar-refractivity contribution in [3.05, 3.63) is 52.8 Å². The lowest BCUT2D eigenvalue weighted by Crippen LogP contribution is -2.34. The zero-order valence-electron chi connectivity index (χ0n) is 18.4. The summed E-state index contributed by atoms with van der Waals surface area (Å²) < 4.78 is 5.61. The highest BCUT2D eigenvalue weighted by molar-refractivity contribution is 6.34. The van der Waals surface area contributed by atoms with Crippen molar-refractivity contribution in [2.45, 2.75) is 37.5 Å². The molecular weight excluding hydrogens is 408 g/mol. The van der Waals surface area contributed by atoms with Crippen LogP contribution in [0.5, 0.6) is 5.75 Å². The summed E-state index contributed by atoms with van der Waals surface area (Å²) in [5.41, 5.74) is 3.27. The van der Waals surface area contributed by atoms with E-state index in [2.05, 4.69) is 29.2 Å². The molecule has 2 aliphatic rings. The number of fused-ring (bicyclic) bond motifs is 1. The van der Waals surface area contributed by atoms with Crippen LogP contribution in [-0.2, 0) is 0 Å². The molecule has 0 radical (unpaired) electrons. The lowest BCUT2D eigenvalue weighted by molar-refractivity contribution is 0.397. The van der Waals surface area contributed by atoms with E-state index in [1.807, 2.05) is 31.1 Å². The third-order valence-corrected chi connectivity index (χ3v) is 6.86. The molecule has 1 aliphatic heterocycles. The Hall–Kier alpha value is -2.53. The molecule has 5 rings (SSSR count). The van der Waals surface area contributed by atoms with Gasteiger partial charge in [0.25, 0.3) is 0 Å². The summed E-state index contributed by atoms with van der Waals surface area (Å²) in [6.45, 7) is 1.94. The van der Waals surface area contributed by atoms with Gasteiger partial charge in [-0.2, -0.15) is 0 Å². The van der Waals surface area contributed by atoms with Gasteiger partial charge in [-0.05, 0) is 55.4 Å². The standard InChI is InChI=1S/C25H29ClN4O/c1-29(2)22-14-19-21(15-20(22)26)27-24(17-8-9-17)28-25(19)30-12-10-16(11-13-30)18-6-4-5-7-23(18)31-3/h4-7,14-17H,8-13H2,1-3H3. The molecule has 2 heterocycles. The summed E-state index contributed by atoms with van der Waals surface area (Å²) in [5, 5.41) is 1.83. The van der Waals surface area contributed by atoms with Crippen LogP contribution in [0.4, 0.5) is 11.5 Å². The Labute approximate surface area is 189 Å². The van der Waals surface area contributed by atoms with Crippen LogP contribution in [-0.4, -0.2) is 44.3 Å². The predicted molar refractivity (Wildman–Crippen MR) is 128 cm³/mol. The summed E-state index contributed by atoms with van der Waals surface area (Å²) >= 11 is 6.57. The van der Waals surface area contributed by atoms with E-state index < -0.39 is 0 Å². The van der Waals surface area contributed by atoms with Crippen molar-refractivity contribution in [3.8, 4) is 5.75 Å². The highest BCUT2D eigenvalue weighted by atomic mass is 35.5. The molecule has 2 fully saturated rings. The molecule has 1 aromatic heterocycles. The van der Waals surface area contributed by atoms with Crippen LogP contribution < -0.4 is 14.5 Å². The lowest BCUT2D eigenvalue weighted by Gasteiger charge is -2.34. The van der Waals surface area contributed by atoms with Gasteiger partial charge >= 0.3 is 0 Å². The predicted octanol–water partition coefficient (Wildman–Crippen LogP) is 5.62. The van der Waals surface area contributed by atoms with Crippen LogP contribution in [0.15, 0.2) is 36.4 Å². The lowest BCUT2D eigenvalue weighted by atomic mass is 9.88. The third-order valence-electron chi connectivity index (χ3n) is 6.56. The zero-order chi connectivity index (χ0) is 21.5. The molecule has 1 saturated heterocycles. The van der Waals surface area contributed by atoms with Crippen LogP contribution in [0.1, 0.15) is 48.9 Å². The fraction of sp³-hybridized carbons (Fsp3) is 0.440. The topological polar surface area (TPSA) is 41.5 Å². The summed E-state index contributed by atoms with van der Waals surface area (Å²) in [7, 11) is 5.80. The van der Waals surface area contributed by atoms with Crippen LogP contribution in [0.2, 0.25) is 5.02 Å². The van der Waals surface area contributed by atoms with Crippen molar-refractivity contribution in [1.29, 1.82) is 0 Å². The van der Waals surface area contributed by atoms with Gasteiger partial charge in [0.2, 0.25) is 0 Å². The fourth-order valence-electron chi connectivity index (χ4n) is 4.65. The molecule has 1 saturated carbocycles. The highest BCUT2D eigenvalue weighted by Gasteiger charge is 2.30. The first kappa shape index (κ1) is 20.4. The molecule has 2 aromatic carbocycles. The van der Waals surface area contributed by atoms with Crippen LogP contribution >= 0.6 is 11.6 Å². The van der Waals surface area contributed by atoms with E-state index >= 15 is 0 Å². The van der Waals surface area contributed by atoms with Gasteiger partial charge in [-0.15, -0.1) is 0 Å². The minimum absolute atomic E-state index is 0.501. The van der Waals surface area contributed by atoms with Crippen molar-refractivity contribution in [3.63, 3.8) is 0 Å². The van der Waals surface area contributed by atoms with Gasteiger partial charge in [0.15, 0.2) is 0 Å². The molecule has 0 N–H and O–H groups in total. The number of ether oxygens (including phenoxy) is 1. The molecule has 162 valence electrons. The van der Waals surface area contributed by atoms with E-state index in [9.17, 15) is 0 Å². The van der Waals surface area contributed by atoms with E-state index in [1.54, 1.807) is 7.11 Å². The molecule has 0 unspecified atom stereocenters. The summed E-state index contributed by atoms with van der Waals surface area (Å²) in [4.78, 5) is 14.4. The Morgan fingerprint density at radius 3 is 2.42 bits per heavy atom. The van der Waals surface area contributed by atoms with Crippen molar-refractivity contribution in [2.75, 3.05) is 44.1 Å². The molecule has 6 heteroatoms. The average Bonchev–Trinajstić information content (AvgIpc) is 3.63. The largest absolute Gasteiger partial charge is 0.496 e. The number of rotatable bonds is 5. The van der Waals surface area contributed by atoms with Crippen LogP contribution in [0.25, 0.3) is 10.9 Å². The van der Waals surface area contributed by atoms with Crippen molar-refractivity contribution in [1.82, 2.24) is 9.97 Å². The third kappa shape index (κ3) is 3.91. The number of methoxy groups -OCH3 is 1. The normalized spacial score (nSPS) is 17.2. The monoisotopic (exact) mass is 436 g/mol. The minimum atomic E-state index is 0.501. The van der Waals surface area contributed by atoms with E-state index in [0.717, 1.165) is 64.9 Å². The Kier molecular flexibility index (Phi) is 5.39. The average molecular weight is 437 g/mol. The van der Waals surface area contributed by atoms with E-state index in [-0.39, 0.29) is 0 Å². The summed E-state index contributed by atoms with van der Waals surface area (Å²) in [5.74, 6) is 4.04. The van der Waals surface area contributed by atoms with Gasteiger partial charge < -0.3 is 14.5 Å². The van der Waals surface area contributed by atoms with E-state index in [4.69, 9.17) is 26.3 Å². The minimum Gasteiger partial charge on any atom is -0.496 e. The maximum atomic E-state index is 6.57. The van der Waals surface area contributed by atoms with Crippen LogP contribution in [0.3, 0.4) is 0 Å². The van der Waals surface area contributed by atoms with Gasteiger partial charge in [0.1, 0.15) is 17.4 Å². The first-order valence-corrected chi connectivity index (χ1v) is 11.5. The smallest absolute Gasteiger partial charge is 0.140 e. The molecule has 0 amide bonds. The quantitative estimate of drug-likeness (QED) is 0.519. The van der Waals surface area contributed by atoms with Crippen molar-refractivity contribution < 1.29 is 4.74 Å². The second kappa shape index (κ2) is 8.19. The number of para-hydroxylation sites is 1. The fourth-order valence-corrected chi connectivity index (χ4v) is 4.98. The number of halogens is 1. The Bertz CT molecular complexity index is 1100. The first-order valence-electron chi connectivity index (χ1n) is 11.1. The SMILES string of the molecule is COc1ccccc1C1CCN(c2nc(C3CC3)nc3cc(Cl)c(N(C)C)cc23)CC1. The number of nitrogens with zero attached hydrogens (tertiary/aromatic N) is 4. The van der Waals surface area contributed by atoms with Gasteiger partial charge in [-0.25, -0.2) is 9.97 Å². The second-order valence-electron chi connectivity index (χ2n) is 8.90. The number of anilines is 2. The van der Waals surface area contributed by atoms with Gasteiger partial charge in [-0.3, -0.25) is 0 Å². The Balaban J connectivity index is 1.49. The van der Waals surface area contributed by atoms with Gasteiger partial charge in [0, 0.05) is 38.5 Å². The van der Waals surface area contributed by atoms with Crippen molar-refractivity contribution in [2.24, 2.45) is 0 Å². The molecule has 0 atom stereocenters. The number of aromatic nitrogens is 2. The van der Waals surface area contributed by atoms with E-state index in [1.165, 1.54) is 18.4 Å². The van der Waals surface area contributed by atoms with Crippen molar-refractivity contribution >= 4 is 34.0 Å². The molecule has 1 aliphatic carbocycles. The maximum Gasteiger partial charge on any atom is 0.140 e.